The van der Waals surface area contributed by atoms with Crippen molar-refractivity contribution < 1.29 is 14.6 Å². The Kier molecular flexibility index (Phi) is 4.97. The first-order valence-electron chi connectivity index (χ1n) is 5.67. The number of ether oxygens (including phenoxy) is 1. The zero-order valence-electron chi connectivity index (χ0n) is 10.5. The van der Waals surface area contributed by atoms with E-state index in [1.165, 1.54) is 4.90 Å². The van der Waals surface area contributed by atoms with Crippen molar-refractivity contribution in [2.24, 2.45) is 0 Å². The number of benzene rings is 1. The van der Waals surface area contributed by atoms with Gasteiger partial charge in [-0.1, -0.05) is 0 Å². The van der Waals surface area contributed by atoms with Gasteiger partial charge in [0, 0.05) is 19.2 Å². The monoisotopic (exact) mass is 237 g/mol. The quantitative estimate of drug-likeness (QED) is 0.845. The Morgan fingerprint density at radius 3 is 2.41 bits per heavy atom. The lowest BCUT2D eigenvalue weighted by Gasteiger charge is -2.16. The number of amides is 1. The molecule has 4 heteroatoms. The molecule has 0 heterocycles. The molecule has 0 aromatic heterocycles. The van der Waals surface area contributed by atoms with E-state index < -0.39 is 0 Å². The summed E-state index contributed by atoms with van der Waals surface area (Å²) in [6.07, 6.45) is 0.119. The van der Waals surface area contributed by atoms with E-state index in [0.29, 0.717) is 12.1 Å². The van der Waals surface area contributed by atoms with Crippen LogP contribution < -0.4 is 4.74 Å². The predicted octanol–water partition coefficient (Wildman–Crippen LogP) is 1.54. The summed E-state index contributed by atoms with van der Waals surface area (Å²) < 4.78 is 5.49. The van der Waals surface area contributed by atoms with Crippen LogP contribution in [0.5, 0.6) is 5.75 Å². The summed E-state index contributed by atoms with van der Waals surface area (Å²) in [5.41, 5.74) is 0.594. The SMILES string of the molecule is CC(C)Oc1ccc(C(=O)N(C)CCO)cc1. The minimum Gasteiger partial charge on any atom is -0.491 e. The molecular formula is C13H19NO3. The fraction of sp³-hybridized carbons (Fsp3) is 0.462. The second-order valence-electron chi connectivity index (χ2n) is 4.14. The summed E-state index contributed by atoms with van der Waals surface area (Å²) in [5.74, 6) is 0.650. The van der Waals surface area contributed by atoms with Crippen LogP contribution in [0.15, 0.2) is 24.3 Å². The van der Waals surface area contributed by atoms with E-state index in [1.54, 1.807) is 31.3 Å². The van der Waals surface area contributed by atoms with Crippen LogP contribution in [0.1, 0.15) is 24.2 Å². The van der Waals surface area contributed by atoms with Gasteiger partial charge in [-0.2, -0.15) is 0 Å². The first-order valence-corrected chi connectivity index (χ1v) is 5.67. The molecule has 1 N–H and O–H groups in total. The average molecular weight is 237 g/mol. The zero-order chi connectivity index (χ0) is 12.8. The fourth-order valence-corrected chi connectivity index (χ4v) is 1.42. The number of hydrogen-bond acceptors (Lipinski definition) is 3. The van der Waals surface area contributed by atoms with Gasteiger partial charge in [0.25, 0.3) is 5.91 Å². The van der Waals surface area contributed by atoms with Gasteiger partial charge < -0.3 is 14.7 Å². The summed E-state index contributed by atoms with van der Waals surface area (Å²) in [6, 6.07) is 7.02. The fourth-order valence-electron chi connectivity index (χ4n) is 1.42. The van der Waals surface area contributed by atoms with E-state index in [9.17, 15) is 4.79 Å². The Morgan fingerprint density at radius 1 is 1.35 bits per heavy atom. The maximum Gasteiger partial charge on any atom is 0.253 e. The van der Waals surface area contributed by atoms with Crippen molar-refractivity contribution in [1.29, 1.82) is 0 Å². The summed E-state index contributed by atoms with van der Waals surface area (Å²) >= 11 is 0. The van der Waals surface area contributed by atoms with E-state index >= 15 is 0 Å². The van der Waals surface area contributed by atoms with Crippen LogP contribution >= 0.6 is 0 Å². The van der Waals surface area contributed by atoms with Crippen LogP contribution in [0, 0.1) is 0 Å². The summed E-state index contributed by atoms with van der Waals surface area (Å²) in [5, 5.41) is 8.76. The normalized spacial score (nSPS) is 10.4. The van der Waals surface area contributed by atoms with Gasteiger partial charge in [-0.15, -0.1) is 0 Å². The van der Waals surface area contributed by atoms with Crippen LogP contribution in [0.3, 0.4) is 0 Å². The zero-order valence-corrected chi connectivity index (χ0v) is 10.5. The van der Waals surface area contributed by atoms with Gasteiger partial charge in [-0.25, -0.2) is 0 Å². The van der Waals surface area contributed by atoms with E-state index in [2.05, 4.69) is 0 Å². The number of carbonyl (C=O) groups is 1. The number of likely N-dealkylation sites (N-methyl/N-ethyl adjacent to an activating group) is 1. The lowest BCUT2D eigenvalue weighted by molar-refractivity contribution is 0.0767. The number of nitrogens with zero attached hydrogens (tertiary/aromatic N) is 1. The van der Waals surface area contributed by atoms with E-state index in [4.69, 9.17) is 9.84 Å². The van der Waals surface area contributed by atoms with Crippen LogP contribution in [-0.2, 0) is 0 Å². The van der Waals surface area contributed by atoms with Crippen LogP contribution in [0.2, 0.25) is 0 Å². The molecule has 0 aliphatic rings. The van der Waals surface area contributed by atoms with Gasteiger partial charge in [0.05, 0.1) is 12.7 Å². The minimum atomic E-state index is -0.102. The molecule has 1 aromatic rings. The third-order valence-corrected chi connectivity index (χ3v) is 2.26. The van der Waals surface area contributed by atoms with E-state index in [-0.39, 0.29) is 18.6 Å². The predicted molar refractivity (Wildman–Crippen MR) is 66.3 cm³/mol. The van der Waals surface area contributed by atoms with Crippen molar-refractivity contribution in [3.05, 3.63) is 29.8 Å². The molecule has 0 saturated heterocycles. The number of rotatable bonds is 5. The first-order chi connectivity index (χ1) is 8.04. The van der Waals surface area contributed by atoms with Gasteiger partial charge >= 0.3 is 0 Å². The summed E-state index contributed by atoms with van der Waals surface area (Å²) in [7, 11) is 1.66. The summed E-state index contributed by atoms with van der Waals surface area (Å²) in [6.45, 7) is 4.21. The van der Waals surface area contributed by atoms with Gasteiger partial charge in [-0.05, 0) is 38.1 Å². The van der Waals surface area contributed by atoms with Crippen molar-refractivity contribution in [2.45, 2.75) is 20.0 Å². The third kappa shape index (κ3) is 4.07. The Labute approximate surface area is 102 Å². The molecule has 94 valence electrons. The molecule has 0 fully saturated rings. The number of carbonyl (C=O) groups excluding carboxylic acids is 1. The molecule has 4 nitrogen and oxygen atoms in total. The number of aliphatic hydroxyl groups is 1. The number of hydrogen-bond donors (Lipinski definition) is 1. The molecule has 1 aromatic carbocycles. The molecule has 17 heavy (non-hydrogen) atoms. The average Bonchev–Trinajstić information content (AvgIpc) is 2.28. The Bertz CT molecular complexity index is 359. The van der Waals surface area contributed by atoms with Gasteiger partial charge in [-0.3, -0.25) is 4.79 Å². The van der Waals surface area contributed by atoms with Crippen molar-refractivity contribution in [2.75, 3.05) is 20.2 Å². The molecule has 1 rings (SSSR count). The maximum absolute atomic E-state index is 11.8. The van der Waals surface area contributed by atoms with Gasteiger partial charge in [0.2, 0.25) is 0 Å². The topological polar surface area (TPSA) is 49.8 Å². The van der Waals surface area contributed by atoms with Crippen molar-refractivity contribution in [1.82, 2.24) is 4.90 Å². The minimum absolute atomic E-state index is 0.0310. The first kappa shape index (κ1) is 13.5. The highest BCUT2D eigenvalue weighted by atomic mass is 16.5. The Morgan fingerprint density at radius 2 is 1.94 bits per heavy atom. The maximum atomic E-state index is 11.8. The smallest absolute Gasteiger partial charge is 0.253 e. The highest BCUT2D eigenvalue weighted by Crippen LogP contribution is 2.14. The van der Waals surface area contributed by atoms with Crippen molar-refractivity contribution in [3.63, 3.8) is 0 Å². The second kappa shape index (κ2) is 6.25. The van der Waals surface area contributed by atoms with Crippen molar-refractivity contribution in [3.8, 4) is 5.75 Å². The highest BCUT2D eigenvalue weighted by Gasteiger charge is 2.10. The Balaban J connectivity index is 2.70. The van der Waals surface area contributed by atoms with Crippen LogP contribution in [-0.4, -0.2) is 42.2 Å². The molecule has 0 aliphatic heterocycles. The standard InChI is InChI=1S/C13H19NO3/c1-10(2)17-12-6-4-11(5-7-12)13(16)14(3)8-9-15/h4-7,10,15H,8-9H2,1-3H3. The molecule has 0 unspecified atom stereocenters. The highest BCUT2D eigenvalue weighted by molar-refractivity contribution is 5.94. The third-order valence-electron chi connectivity index (χ3n) is 2.26. The summed E-state index contributed by atoms with van der Waals surface area (Å²) in [4.78, 5) is 13.3. The molecule has 0 radical (unpaired) electrons. The molecular weight excluding hydrogens is 218 g/mol. The molecule has 0 aliphatic carbocycles. The molecule has 1 amide bonds. The Hall–Kier alpha value is -1.55. The number of aliphatic hydroxyl groups excluding tert-OH is 1. The second-order valence-corrected chi connectivity index (χ2v) is 4.14. The van der Waals surface area contributed by atoms with Crippen molar-refractivity contribution >= 4 is 5.91 Å². The van der Waals surface area contributed by atoms with E-state index in [0.717, 1.165) is 5.75 Å². The lowest BCUT2D eigenvalue weighted by atomic mass is 10.2. The molecule has 0 atom stereocenters. The molecule has 0 bridgehead atoms. The van der Waals surface area contributed by atoms with Crippen LogP contribution in [0.4, 0.5) is 0 Å². The van der Waals surface area contributed by atoms with Gasteiger partial charge in [0.1, 0.15) is 5.75 Å². The molecule has 0 spiro atoms. The van der Waals surface area contributed by atoms with Crippen LogP contribution in [0.25, 0.3) is 0 Å². The van der Waals surface area contributed by atoms with E-state index in [1.807, 2.05) is 13.8 Å². The molecule has 0 saturated carbocycles. The largest absolute Gasteiger partial charge is 0.491 e. The van der Waals surface area contributed by atoms with Gasteiger partial charge in [0.15, 0.2) is 0 Å². The lowest BCUT2D eigenvalue weighted by Crippen LogP contribution is -2.29.